The molecule has 2 N–H and O–H groups in total. The van der Waals surface area contributed by atoms with E-state index in [0.29, 0.717) is 19.1 Å². The Labute approximate surface area is 175 Å². The van der Waals surface area contributed by atoms with Crippen LogP contribution in [0.25, 0.3) is 0 Å². The predicted octanol–water partition coefficient (Wildman–Crippen LogP) is 4.11. The molecule has 1 heterocycles. The standard InChI is InChI=1S/C23H36N6/c1-18(14-15-20-10-6-4-7-11-20)26-23(24-16-21-12-8-5-9-13-21)25-17-22-28-27-19(2)29(22)3/h5,8-9,12-13,18,20H,4,6-7,10-11,14-17H2,1-3H3,(H2,24,25,26). The Morgan fingerprint density at radius 2 is 1.93 bits per heavy atom. The van der Waals surface area contributed by atoms with Crippen molar-refractivity contribution in [2.45, 2.75) is 77.9 Å². The van der Waals surface area contributed by atoms with Crippen LogP contribution in [0.4, 0.5) is 0 Å². The number of nitrogens with one attached hydrogen (secondary N) is 2. The molecule has 2 aromatic rings. The zero-order valence-electron chi connectivity index (χ0n) is 18.2. The van der Waals surface area contributed by atoms with Crippen molar-refractivity contribution in [2.24, 2.45) is 18.0 Å². The number of aryl methyl sites for hydroxylation is 1. The van der Waals surface area contributed by atoms with Gasteiger partial charge in [-0.05, 0) is 38.2 Å². The lowest BCUT2D eigenvalue weighted by Gasteiger charge is -2.24. The summed E-state index contributed by atoms with van der Waals surface area (Å²) in [6.07, 6.45) is 9.55. The molecule has 1 aromatic heterocycles. The molecule has 3 rings (SSSR count). The topological polar surface area (TPSA) is 67.1 Å². The molecular formula is C23H36N6. The Morgan fingerprint density at radius 3 is 2.62 bits per heavy atom. The van der Waals surface area contributed by atoms with E-state index in [9.17, 15) is 0 Å². The molecule has 29 heavy (non-hydrogen) atoms. The van der Waals surface area contributed by atoms with Crippen LogP contribution in [0.5, 0.6) is 0 Å². The first kappa shape index (κ1) is 21.3. The highest BCUT2D eigenvalue weighted by atomic mass is 15.3. The summed E-state index contributed by atoms with van der Waals surface area (Å²) < 4.78 is 2.01. The third-order valence-corrected chi connectivity index (χ3v) is 5.98. The molecule has 0 radical (unpaired) electrons. The fourth-order valence-corrected chi connectivity index (χ4v) is 3.94. The molecule has 6 heteroatoms. The molecule has 0 spiro atoms. The van der Waals surface area contributed by atoms with Gasteiger partial charge in [0.15, 0.2) is 11.8 Å². The van der Waals surface area contributed by atoms with E-state index in [1.54, 1.807) is 0 Å². The van der Waals surface area contributed by atoms with Gasteiger partial charge in [-0.25, -0.2) is 4.99 Å². The van der Waals surface area contributed by atoms with Gasteiger partial charge in [0, 0.05) is 13.1 Å². The molecule has 0 aliphatic heterocycles. The van der Waals surface area contributed by atoms with E-state index in [1.165, 1.54) is 50.5 Å². The summed E-state index contributed by atoms with van der Waals surface area (Å²) in [5.41, 5.74) is 1.21. The number of aromatic nitrogens is 3. The van der Waals surface area contributed by atoms with E-state index in [0.717, 1.165) is 23.5 Å². The average Bonchev–Trinajstić information content (AvgIpc) is 3.08. The van der Waals surface area contributed by atoms with E-state index in [-0.39, 0.29) is 0 Å². The average molecular weight is 397 g/mol. The predicted molar refractivity (Wildman–Crippen MR) is 119 cm³/mol. The van der Waals surface area contributed by atoms with Gasteiger partial charge in [-0.1, -0.05) is 62.4 Å². The van der Waals surface area contributed by atoms with Gasteiger partial charge < -0.3 is 15.2 Å². The molecule has 1 fully saturated rings. The second-order valence-corrected chi connectivity index (χ2v) is 8.35. The Balaban J connectivity index is 1.57. The minimum Gasteiger partial charge on any atom is -0.354 e. The van der Waals surface area contributed by atoms with Crippen LogP contribution in [-0.4, -0.2) is 26.8 Å². The fourth-order valence-electron chi connectivity index (χ4n) is 3.94. The minimum absolute atomic E-state index is 0.389. The summed E-state index contributed by atoms with van der Waals surface area (Å²) >= 11 is 0. The zero-order valence-corrected chi connectivity index (χ0v) is 18.2. The molecule has 1 atom stereocenters. The van der Waals surface area contributed by atoms with Gasteiger partial charge in [0.05, 0.1) is 13.1 Å². The maximum atomic E-state index is 4.82. The number of aliphatic imine (C=N–C) groups is 1. The first-order valence-corrected chi connectivity index (χ1v) is 11.1. The summed E-state index contributed by atoms with van der Waals surface area (Å²) in [5, 5.41) is 15.4. The minimum atomic E-state index is 0.389. The SMILES string of the molecule is Cc1nnc(CNC(=NCc2ccccc2)NC(C)CCC2CCCCC2)n1C. The lowest BCUT2D eigenvalue weighted by atomic mass is 9.85. The van der Waals surface area contributed by atoms with Crippen molar-refractivity contribution in [1.29, 1.82) is 0 Å². The molecule has 1 unspecified atom stereocenters. The van der Waals surface area contributed by atoms with Crippen LogP contribution in [0.2, 0.25) is 0 Å². The fraction of sp³-hybridized carbons (Fsp3) is 0.609. The molecule has 158 valence electrons. The van der Waals surface area contributed by atoms with Crippen molar-refractivity contribution in [3.05, 3.63) is 47.5 Å². The number of nitrogens with zero attached hydrogens (tertiary/aromatic N) is 4. The zero-order chi connectivity index (χ0) is 20.5. The first-order chi connectivity index (χ1) is 14.1. The number of hydrogen-bond donors (Lipinski definition) is 2. The highest BCUT2D eigenvalue weighted by molar-refractivity contribution is 5.80. The third kappa shape index (κ3) is 6.87. The van der Waals surface area contributed by atoms with Gasteiger partial charge in [-0.15, -0.1) is 10.2 Å². The van der Waals surface area contributed by atoms with Crippen molar-refractivity contribution in [1.82, 2.24) is 25.4 Å². The monoisotopic (exact) mass is 396 g/mol. The van der Waals surface area contributed by atoms with Crippen LogP contribution in [0.15, 0.2) is 35.3 Å². The first-order valence-electron chi connectivity index (χ1n) is 11.1. The number of guanidine groups is 1. The van der Waals surface area contributed by atoms with Crippen molar-refractivity contribution in [3.63, 3.8) is 0 Å². The Kier molecular flexibility index (Phi) is 8.08. The van der Waals surface area contributed by atoms with E-state index < -0.39 is 0 Å². The van der Waals surface area contributed by atoms with Gasteiger partial charge in [0.1, 0.15) is 5.82 Å². The highest BCUT2D eigenvalue weighted by Gasteiger charge is 2.15. The largest absolute Gasteiger partial charge is 0.354 e. The Morgan fingerprint density at radius 1 is 1.17 bits per heavy atom. The summed E-state index contributed by atoms with van der Waals surface area (Å²) in [4.78, 5) is 4.82. The van der Waals surface area contributed by atoms with Crippen molar-refractivity contribution in [3.8, 4) is 0 Å². The smallest absolute Gasteiger partial charge is 0.192 e. The van der Waals surface area contributed by atoms with E-state index in [4.69, 9.17) is 4.99 Å². The highest BCUT2D eigenvalue weighted by Crippen LogP contribution is 2.27. The van der Waals surface area contributed by atoms with Gasteiger partial charge in [-0.2, -0.15) is 0 Å². The van der Waals surface area contributed by atoms with Crippen molar-refractivity contribution < 1.29 is 0 Å². The lowest BCUT2D eigenvalue weighted by Crippen LogP contribution is -2.42. The molecule has 0 amide bonds. The summed E-state index contributed by atoms with van der Waals surface area (Å²) in [5.74, 6) is 3.57. The van der Waals surface area contributed by atoms with Crippen LogP contribution in [0, 0.1) is 12.8 Å². The van der Waals surface area contributed by atoms with Gasteiger partial charge >= 0.3 is 0 Å². The Hall–Kier alpha value is -2.37. The molecule has 1 saturated carbocycles. The van der Waals surface area contributed by atoms with E-state index in [1.807, 2.05) is 24.6 Å². The summed E-state index contributed by atoms with van der Waals surface area (Å²) in [7, 11) is 1.99. The van der Waals surface area contributed by atoms with Crippen LogP contribution in [0.3, 0.4) is 0 Å². The van der Waals surface area contributed by atoms with Crippen LogP contribution >= 0.6 is 0 Å². The van der Waals surface area contributed by atoms with E-state index >= 15 is 0 Å². The van der Waals surface area contributed by atoms with Gasteiger partial charge in [0.25, 0.3) is 0 Å². The van der Waals surface area contributed by atoms with Crippen LogP contribution < -0.4 is 10.6 Å². The maximum Gasteiger partial charge on any atom is 0.192 e. The summed E-state index contributed by atoms with van der Waals surface area (Å²) in [6.45, 7) is 5.48. The van der Waals surface area contributed by atoms with Gasteiger partial charge in [0.2, 0.25) is 0 Å². The van der Waals surface area contributed by atoms with Crippen molar-refractivity contribution in [2.75, 3.05) is 0 Å². The quantitative estimate of drug-likeness (QED) is 0.521. The second kappa shape index (κ2) is 11.0. The number of hydrogen-bond acceptors (Lipinski definition) is 3. The Bertz CT molecular complexity index is 761. The molecule has 1 aromatic carbocycles. The molecule has 6 nitrogen and oxygen atoms in total. The number of rotatable bonds is 8. The second-order valence-electron chi connectivity index (χ2n) is 8.35. The third-order valence-electron chi connectivity index (χ3n) is 5.98. The number of benzene rings is 1. The molecule has 1 aliphatic carbocycles. The van der Waals surface area contributed by atoms with Gasteiger partial charge in [-0.3, -0.25) is 0 Å². The van der Waals surface area contributed by atoms with E-state index in [2.05, 4.69) is 52.0 Å². The maximum absolute atomic E-state index is 4.82. The van der Waals surface area contributed by atoms with Crippen LogP contribution in [-0.2, 0) is 20.1 Å². The molecular weight excluding hydrogens is 360 g/mol. The molecule has 0 saturated heterocycles. The van der Waals surface area contributed by atoms with Crippen LogP contribution in [0.1, 0.15) is 69.1 Å². The molecule has 1 aliphatic rings. The normalized spacial score (nSPS) is 16.6. The molecule has 0 bridgehead atoms. The van der Waals surface area contributed by atoms with Crippen molar-refractivity contribution >= 4 is 5.96 Å². The summed E-state index contributed by atoms with van der Waals surface area (Å²) in [6, 6.07) is 10.8. The lowest BCUT2D eigenvalue weighted by molar-refractivity contribution is 0.322.